The molecule has 5 heteroatoms. The van der Waals surface area contributed by atoms with Crippen LogP contribution < -0.4 is 16.0 Å². The highest BCUT2D eigenvalue weighted by Crippen LogP contribution is 2.36. The summed E-state index contributed by atoms with van der Waals surface area (Å²) in [5.74, 6) is 0.288. The summed E-state index contributed by atoms with van der Waals surface area (Å²) >= 11 is 6.43. The zero-order valence-electron chi connectivity index (χ0n) is 11.6. The van der Waals surface area contributed by atoms with Crippen LogP contribution in [0.15, 0.2) is 18.2 Å². The lowest BCUT2D eigenvalue weighted by Gasteiger charge is -2.38. The summed E-state index contributed by atoms with van der Waals surface area (Å²) < 4.78 is 0. The third kappa shape index (κ3) is 2.27. The van der Waals surface area contributed by atoms with Crippen LogP contribution in [-0.2, 0) is 4.79 Å². The maximum atomic E-state index is 11.8. The van der Waals surface area contributed by atoms with Crippen molar-refractivity contribution in [2.24, 2.45) is 11.7 Å². The summed E-state index contributed by atoms with van der Waals surface area (Å²) in [6.07, 6.45) is 2.00. The number of nitrogens with two attached hydrogens (primary N) is 1. The highest BCUT2D eigenvalue weighted by Gasteiger charge is 2.41. The van der Waals surface area contributed by atoms with Crippen molar-refractivity contribution in [1.82, 2.24) is 5.32 Å². The fourth-order valence-electron chi connectivity index (χ4n) is 3.29. The summed E-state index contributed by atoms with van der Waals surface area (Å²) in [5, 5.41) is 3.69. The van der Waals surface area contributed by atoms with E-state index in [4.69, 9.17) is 17.3 Å². The van der Waals surface area contributed by atoms with Crippen LogP contribution in [-0.4, -0.2) is 25.0 Å². The zero-order valence-corrected chi connectivity index (χ0v) is 12.4. The van der Waals surface area contributed by atoms with Crippen LogP contribution in [0.1, 0.15) is 31.4 Å². The third-order valence-electron chi connectivity index (χ3n) is 4.41. The van der Waals surface area contributed by atoms with Crippen molar-refractivity contribution in [3.8, 4) is 0 Å². The van der Waals surface area contributed by atoms with Crippen LogP contribution in [0.25, 0.3) is 0 Å². The van der Waals surface area contributed by atoms with Crippen LogP contribution in [0.2, 0.25) is 5.02 Å². The normalized spacial score (nSPS) is 27.1. The first kappa shape index (κ1) is 13.7. The lowest BCUT2D eigenvalue weighted by molar-refractivity contribution is -0.122. The topological polar surface area (TPSA) is 58.4 Å². The SMILES string of the molecule is C[C@@H](N)c1ccc(N2CCCC3C(=O)NCC32)c(Cl)c1. The number of benzene rings is 1. The van der Waals surface area contributed by atoms with Crippen molar-refractivity contribution < 1.29 is 4.79 Å². The first-order valence-corrected chi connectivity index (χ1v) is 7.55. The summed E-state index contributed by atoms with van der Waals surface area (Å²) in [5.41, 5.74) is 7.94. The molecular weight excluding hydrogens is 274 g/mol. The molecule has 0 aliphatic carbocycles. The minimum Gasteiger partial charge on any atom is -0.365 e. The Bertz CT molecular complexity index is 532. The van der Waals surface area contributed by atoms with Gasteiger partial charge in [-0.25, -0.2) is 0 Å². The molecular formula is C15H20ClN3O. The predicted molar refractivity (Wildman–Crippen MR) is 80.9 cm³/mol. The van der Waals surface area contributed by atoms with Gasteiger partial charge in [0.25, 0.3) is 0 Å². The molecule has 0 spiro atoms. The number of carbonyl (C=O) groups is 1. The number of amides is 1. The fourth-order valence-corrected chi connectivity index (χ4v) is 3.59. The molecule has 2 unspecified atom stereocenters. The largest absolute Gasteiger partial charge is 0.365 e. The van der Waals surface area contributed by atoms with Crippen LogP contribution in [0.3, 0.4) is 0 Å². The quantitative estimate of drug-likeness (QED) is 0.878. The number of nitrogens with one attached hydrogen (secondary N) is 1. The summed E-state index contributed by atoms with van der Waals surface area (Å²) in [4.78, 5) is 14.1. The molecule has 0 bridgehead atoms. The number of rotatable bonds is 2. The number of hydrogen-bond donors (Lipinski definition) is 2. The van der Waals surface area contributed by atoms with E-state index < -0.39 is 0 Å². The van der Waals surface area contributed by atoms with E-state index in [1.165, 1.54) is 0 Å². The third-order valence-corrected chi connectivity index (χ3v) is 4.71. The van der Waals surface area contributed by atoms with Gasteiger partial charge in [0.15, 0.2) is 0 Å². The lowest BCUT2D eigenvalue weighted by atomic mass is 9.91. The van der Waals surface area contributed by atoms with E-state index in [9.17, 15) is 4.79 Å². The molecule has 0 aromatic heterocycles. The molecule has 3 atom stereocenters. The molecule has 0 saturated carbocycles. The first-order chi connectivity index (χ1) is 9.58. The number of carbonyl (C=O) groups excluding carboxylic acids is 1. The molecule has 2 aliphatic rings. The van der Waals surface area contributed by atoms with Gasteiger partial charge >= 0.3 is 0 Å². The van der Waals surface area contributed by atoms with Gasteiger partial charge in [-0.1, -0.05) is 17.7 Å². The number of anilines is 1. The van der Waals surface area contributed by atoms with E-state index in [0.717, 1.165) is 42.2 Å². The molecule has 3 N–H and O–H groups in total. The lowest BCUT2D eigenvalue weighted by Crippen LogP contribution is -2.45. The maximum absolute atomic E-state index is 11.8. The molecule has 2 saturated heterocycles. The Kier molecular flexibility index (Phi) is 3.61. The summed E-state index contributed by atoms with van der Waals surface area (Å²) in [6.45, 7) is 3.62. The van der Waals surface area contributed by atoms with Crippen molar-refractivity contribution in [3.63, 3.8) is 0 Å². The van der Waals surface area contributed by atoms with Crippen molar-refractivity contribution in [2.75, 3.05) is 18.0 Å². The van der Waals surface area contributed by atoms with E-state index in [0.29, 0.717) is 0 Å². The van der Waals surface area contributed by atoms with Gasteiger partial charge in [-0.15, -0.1) is 0 Å². The Morgan fingerprint density at radius 2 is 2.30 bits per heavy atom. The Labute approximate surface area is 124 Å². The van der Waals surface area contributed by atoms with Gasteiger partial charge in [0.2, 0.25) is 5.91 Å². The predicted octanol–water partition coefficient (Wildman–Crippen LogP) is 2.07. The van der Waals surface area contributed by atoms with Gasteiger partial charge in [-0.3, -0.25) is 4.79 Å². The Balaban J connectivity index is 1.90. The molecule has 2 fully saturated rings. The molecule has 1 aromatic carbocycles. The number of halogens is 1. The zero-order chi connectivity index (χ0) is 14.3. The smallest absolute Gasteiger partial charge is 0.225 e. The molecule has 2 aliphatic heterocycles. The first-order valence-electron chi connectivity index (χ1n) is 7.17. The second-order valence-corrected chi connectivity index (χ2v) is 6.16. The van der Waals surface area contributed by atoms with Crippen molar-refractivity contribution in [2.45, 2.75) is 31.8 Å². The summed E-state index contributed by atoms with van der Waals surface area (Å²) in [7, 11) is 0. The molecule has 4 nitrogen and oxygen atoms in total. The highest BCUT2D eigenvalue weighted by molar-refractivity contribution is 6.33. The van der Waals surface area contributed by atoms with Crippen molar-refractivity contribution in [1.29, 1.82) is 0 Å². The van der Waals surface area contributed by atoms with Crippen molar-refractivity contribution >= 4 is 23.2 Å². The monoisotopic (exact) mass is 293 g/mol. The van der Waals surface area contributed by atoms with Gasteiger partial charge in [0, 0.05) is 19.1 Å². The maximum Gasteiger partial charge on any atom is 0.225 e. The van der Waals surface area contributed by atoms with Crippen LogP contribution in [0.5, 0.6) is 0 Å². The van der Waals surface area contributed by atoms with Gasteiger partial charge in [-0.05, 0) is 37.5 Å². The second kappa shape index (κ2) is 5.26. The number of hydrogen-bond acceptors (Lipinski definition) is 3. The molecule has 1 aromatic rings. The summed E-state index contributed by atoms with van der Waals surface area (Å²) in [6, 6.07) is 6.21. The minimum absolute atomic E-state index is 0.0228. The van der Waals surface area contributed by atoms with E-state index in [1.807, 2.05) is 25.1 Å². The number of fused-ring (bicyclic) bond motifs is 1. The molecule has 2 heterocycles. The fraction of sp³-hybridized carbons (Fsp3) is 0.533. The Hall–Kier alpha value is -1.26. The van der Waals surface area contributed by atoms with E-state index in [2.05, 4.69) is 10.2 Å². The average Bonchev–Trinajstić information content (AvgIpc) is 2.81. The van der Waals surface area contributed by atoms with Crippen LogP contribution in [0.4, 0.5) is 5.69 Å². The van der Waals surface area contributed by atoms with Crippen LogP contribution >= 0.6 is 11.6 Å². The van der Waals surface area contributed by atoms with Gasteiger partial charge in [0.1, 0.15) is 0 Å². The Morgan fingerprint density at radius 3 is 3.00 bits per heavy atom. The molecule has 1 amide bonds. The molecule has 0 radical (unpaired) electrons. The average molecular weight is 294 g/mol. The Morgan fingerprint density at radius 1 is 1.50 bits per heavy atom. The van der Waals surface area contributed by atoms with Gasteiger partial charge < -0.3 is 16.0 Å². The van der Waals surface area contributed by atoms with E-state index >= 15 is 0 Å². The highest BCUT2D eigenvalue weighted by atomic mass is 35.5. The minimum atomic E-state index is -0.0228. The molecule has 3 rings (SSSR count). The van der Waals surface area contributed by atoms with Crippen LogP contribution in [0, 0.1) is 5.92 Å². The van der Waals surface area contributed by atoms with E-state index in [-0.39, 0.29) is 23.9 Å². The van der Waals surface area contributed by atoms with E-state index in [1.54, 1.807) is 0 Å². The standard InChI is InChI=1S/C15H20ClN3O/c1-9(17)10-4-5-13(12(16)7-10)19-6-2-3-11-14(19)8-18-15(11)20/h4-5,7,9,11,14H,2-3,6,8,17H2,1H3,(H,18,20)/t9-,11?,14?/m1/s1. The second-order valence-electron chi connectivity index (χ2n) is 5.75. The van der Waals surface area contributed by atoms with Gasteiger partial charge in [0.05, 0.1) is 22.7 Å². The number of nitrogens with zero attached hydrogens (tertiary/aromatic N) is 1. The molecule has 108 valence electrons. The number of piperidine rings is 1. The molecule has 20 heavy (non-hydrogen) atoms. The van der Waals surface area contributed by atoms with Crippen molar-refractivity contribution in [3.05, 3.63) is 28.8 Å². The van der Waals surface area contributed by atoms with Gasteiger partial charge in [-0.2, -0.15) is 0 Å².